The van der Waals surface area contributed by atoms with Gasteiger partial charge in [-0.2, -0.15) is 0 Å². The lowest BCUT2D eigenvalue weighted by Crippen LogP contribution is -2.11. The minimum absolute atomic E-state index is 0.0778. The molecular weight excluding hydrogens is 264 g/mol. The van der Waals surface area contributed by atoms with Gasteiger partial charge in [0.1, 0.15) is 5.75 Å². The van der Waals surface area contributed by atoms with Gasteiger partial charge in [-0.05, 0) is 42.0 Å². The van der Waals surface area contributed by atoms with E-state index >= 15 is 0 Å². The van der Waals surface area contributed by atoms with Crippen LogP contribution in [0.1, 0.15) is 5.56 Å². The van der Waals surface area contributed by atoms with Crippen molar-refractivity contribution in [3.63, 3.8) is 0 Å². The van der Waals surface area contributed by atoms with Gasteiger partial charge in [-0.15, -0.1) is 0 Å². The molecule has 100 valence electrons. The Hall–Kier alpha value is -1.92. The maximum atomic E-state index is 11.1. The molecule has 5 nitrogen and oxygen atoms in total. The third-order valence-corrected chi connectivity index (χ3v) is 3.49. The van der Waals surface area contributed by atoms with Crippen LogP contribution in [0.25, 0.3) is 0 Å². The molecule has 1 heterocycles. The second-order valence-corrected chi connectivity index (χ2v) is 5.53. The molecule has 0 atom stereocenters. The first kappa shape index (κ1) is 13.5. The molecule has 0 saturated heterocycles. The number of hydrogen-bond donors (Lipinski definition) is 1. The van der Waals surface area contributed by atoms with Crippen LogP contribution < -0.4 is 9.88 Å². The highest BCUT2D eigenvalue weighted by atomic mass is 32.2. The van der Waals surface area contributed by atoms with Gasteiger partial charge in [0.25, 0.3) is 0 Å². The van der Waals surface area contributed by atoms with Crippen LogP contribution in [0.3, 0.4) is 0 Å². The molecule has 2 aromatic rings. The summed E-state index contributed by atoms with van der Waals surface area (Å²) >= 11 is 0. The summed E-state index contributed by atoms with van der Waals surface area (Å²) in [4.78, 5) is 4.01. The van der Waals surface area contributed by atoms with Gasteiger partial charge in [0.05, 0.1) is 11.5 Å². The van der Waals surface area contributed by atoms with Gasteiger partial charge in [0, 0.05) is 18.8 Å². The molecule has 0 bridgehead atoms. The molecule has 0 saturated carbocycles. The minimum Gasteiger partial charge on any atom is -0.493 e. The first-order chi connectivity index (χ1) is 9.05. The van der Waals surface area contributed by atoms with E-state index in [1.807, 2.05) is 12.1 Å². The molecule has 0 radical (unpaired) electrons. The smallest absolute Gasteiger partial charge is 0.238 e. The second kappa shape index (κ2) is 5.81. The summed E-state index contributed by atoms with van der Waals surface area (Å²) in [5.74, 6) is 0.612. The van der Waals surface area contributed by atoms with Crippen LogP contribution in [-0.2, 0) is 16.4 Å². The number of aromatic nitrogens is 1. The molecule has 0 unspecified atom stereocenters. The average molecular weight is 278 g/mol. The van der Waals surface area contributed by atoms with Crippen molar-refractivity contribution in [1.82, 2.24) is 4.98 Å². The lowest BCUT2D eigenvalue weighted by Gasteiger charge is -2.06. The molecule has 0 fully saturated rings. The van der Waals surface area contributed by atoms with E-state index in [0.29, 0.717) is 12.4 Å². The summed E-state index contributed by atoms with van der Waals surface area (Å²) in [6, 6.07) is 9.88. The third-order valence-electron chi connectivity index (χ3n) is 2.56. The fourth-order valence-electron chi connectivity index (χ4n) is 1.56. The Labute approximate surface area is 112 Å². The van der Waals surface area contributed by atoms with Crippen LogP contribution in [0.2, 0.25) is 0 Å². The maximum absolute atomic E-state index is 11.1. The van der Waals surface area contributed by atoms with E-state index in [2.05, 4.69) is 4.98 Å². The van der Waals surface area contributed by atoms with Crippen molar-refractivity contribution < 1.29 is 13.2 Å². The molecule has 0 aliphatic heterocycles. The lowest BCUT2D eigenvalue weighted by atomic mass is 10.2. The van der Waals surface area contributed by atoms with Gasteiger partial charge in [-0.3, -0.25) is 4.98 Å². The standard InChI is InChI=1S/C13H14N2O3S/c14-19(16,17)13-3-1-12(2-4-13)18-10-7-11-5-8-15-9-6-11/h1-6,8-9H,7,10H2,(H2,14,16,17). The Bertz CT molecular complexity index is 625. The van der Waals surface area contributed by atoms with E-state index in [1.54, 1.807) is 24.5 Å². The predicted molar refractivity (Wildman–Crippen MR) is 71.3 cm³/mol. The molecule has 1 aromatic heterocycles. The second-order valence-electron chi connectivity index (χ2n) is 3.97. The van der Waals surface area contributed by atoms with E-state index in [4.69, 9.17) is 9.88 Å². The summed E-state index contributed by atoms with van der Waals surface area (Å²) in [5, 5.41) is 5.01. The van der Waals surface area contributed by atoms with Crippen LogP contribution in [0.15, 0.2) is 53.7 Å². The van der Waals surface area contributed by atoms with E-state index in [-0.39, 0.29) is 4.90 Å². The molecular formula is C13H14N2O3S. The lowest BCUT2D eigenvalue weighted by molar-refractivity contribution is 0.321. The summed E-state index contributed by atoms with van der Waals surface area (Å²) in [7, 11) is -3.65. The number of benzene rings is 1. The summed E-state index contributed by atoms with van der Waals surface area (Å²) in [5.41, 5.74) is 1.14. The van der Waals surface area contributed by atoms with Crippen molar-refractivity contribution in [3.05, 3.63) is 54.4 Å². The first-order valence-corrected chi connectivity index (χ1v) is 7.25. The summed E-state index contributed by atoms with van der Waals surface area (Å²) in [6.07, 6.45) is 4.23. The van der Waals surface area contributed by atoms with Crippen LogP contribution in [-0.4, -0.2) is 20.0 Å². The normalized spacial score (nSPS) is 11.2. The zero-order chi connectivity index (χ0) is 13.7. The Morgan fingerprint density at radius 3 is 2.26 bits per heavy atom. The van der Waals surface area contributed by atoms with Crippen LogP contribution in [0.4, 0.5) is 0 Å². The molecule has 6 heteroatoms. The molecule has 19 heavy (non-hydrogen) atoms. The van der Waals surface area contributed by atoms with Gasteiger partial charge in [-0.1, -0.05) is 0 Å². The SMILES string of the molecule is NS(=O)(=O)c1ccc(OCCc2ccncc2)cc1. The monoisotopic (exact) mass is 278 g/mol. The zero-order valence-electron chi connectivity index (χ0n) is 10.2. The number of pyridine rings is 1. The fourth-order valence-corrected chi connectivity index (χ4v) is 2.08. The highest BCUT2D eigenvalue weighted by Gasteiger charge is 2.06. The van der Waals surface area contributed by atoms with Crippen molar-refractivity contribution >= 4 is 10.0 Å². The van der Waals surface area contributed by atoms with Gasteiger partial charge < -0.3 is 4.74 Å². The molecule has 2 rings (SSSR count). The highest BCUT2D eigenvalue weighted by Crippen LogP contribution is 2.15. The number of rotatable bonds is 5. The van der Waals surface area contributed by atoms with Gasteiger partial charge >= 0.3 is 0 Å². The molecule has 0 spiro atoms. The molecule has 2 N–H and O–H groups in total. The first-order valence-electron chi connectivity index (χ1n) is 5.70. The number of ether oxygens (including phenoxy) is 1. The Balaban J connectivity index is 1.90. The van der Waals surface area contributed by atoms with Crippen molar-refractivity contribution in [2.75, 3.05) is 6.61 Å². The van der Waals surface area contributed by atoms with Crippen LogP contribution in [0, 0.1) is 0 Å². The molecule has 1 aromatic carbocycles. The van der Waals surface area contributed by atoms with Crippen molar-refractivity contribution in [2.24, 2.45) is 5.14 Å². The van der Waals surface area contributed by atoms with E-state index in [9.17, 15) is 8.42 Å². The van der Waals surface area contributed by atoms with E-state index in [1.165, 1.54) is 12.1 Å². The number of nitrogens with two attached hydrogens (primary N) is 1. The number of hydrogen-bond acceptors (Lipinski definition) is 4. The number of primary sulfonamides is 1. The van der Waals surface area contributed by atoms with E-state index in [0.717, 1.165) is 12.0 Å². The Morgan fingerprint density at radius 1 is 1.05 bits per heavy atom. The molecule has 0 aliphatic carbocycles. The van der Waals surface area contributed by atoms with Crippen molar-refractivity contribution in [3.8, 4) is 5.75 Å². The minimum atomic E-state index is -3.65. The van der Waals surface area contributed by atoms with E-state index < -0.39 is 10.0 Å². The summed E-state index contributed by atoms with van der Waals surface area (Å²) < 4.78 is 27.7. The fraction of sp³-hybridized carbons (Fsp3) is 0.154. The predicted octanol–water partition coefficient (Wildman–Crippen LogP) is 1.35. The largest absolute Gasteiger partial charge is 0.493 e. The van der Waals surface area contributed by atoms with Crippen LogP contribution >= 0.6 is 0 Å². The van der Waals surface area contributed by atoms with Crippen molar-refractivity contribution in [2.45, 2.75) is 11.3 Å². The zero-order valence-corrected chi connectivity index (χ0v) is 11.0. The molecule has 0 aliphatic rings. The number of sulfonamides is 1. The Morgan fingerprint density at radius 2 is 1.68 bits per heavy atom. The number of nitrogens with zero attached hydrogens (tertiary/aromatic N) is 1. The Kier molecular flexibility index (Phi) is 4.13. The topological polar surface area (TPSA) is 82.3 Å². The van der Waals surface area contributed by atoms with Gasteiger partial charge in [0.15, 0.2) is 0 Å². The van der Waals surface area contributed by atoms with Gasteiger partial charge in [-0.25, -0.2) is 13.6 Å². The average Bonchev–Trinajstić information content (AvgIpc) is 2.39. The van der Waals surface area contributed by atoms with Crippen LogP contribution in [0.5, 0.6) is 5.75 Å². The highest BCUT2D eigenvalue weighted by molar-refractivity contribution is 7.89. The third kappa shape index (κ3) is 4.04. The quantitative estimate of drug-likeness (QED) is 0.895. The van der Waals surface area contributed by atoms with Gasteiger partial charge in [0.2, 0.25) is 10.0 Å². The molecule has 0 amide bonds. The van der Waals surface area contributed by atoms with Crippen molar-refractivity contribution in [1.29, 1.82) is 0 Å². The summed E-state index contributed by atoms with van der Waals surface area (Å²) in [6.45, 7) is 0.513. The maximum Gasteiger partial charge on any atom is 0.238 e.